The van der Waals surface area contributed by atoms with E-state index in [2.05, 4.69) is 4.98 Å². The molecule has 2 amide bonds. The fraction of sp³-hybridized carbons (Fsp3) is 0.579. The lowest BCUT2D eigenvalue weighted by atomic mass is 9.84. The lowest BCUT2D eigenvalue weighted by Gasteiger charge is -2.45. The molecule has 30 heavy (non-hydrogen) atoms. The maximum Gasteiger partial charge on any atom is 0.490 e. The molecule has 1 aromatic rings. The Labute approximate surface area is 171 Å². The first-order valence-electron chi connectivity index (χ1n) is 9.39. The molecule has 0 aliphatic carbocycles. The first-order valence-corrected chi connectivity index (χ1v) is 9.39. The third-order valence-corrected chi connectivity index (χ3v) is 5.33. The largest absolute Gasteiger partial charge is 0.490 e. The lowest BCUT2D eigenvalue weighted by Crippen LogP contribution is -2.54. The molecule has 2 aliphatic heterocycles. The second-order valence-corrected chi connectivity index (χ2v) is 7.10. The Kier molecular flexibility index (Phi) is 7.77. The number of hydrogen-bond acceptors (Lipinski definition) is 5. The van der Waals surface area contributed by atoms with Gasteiger partial charge in [0.05, 0.1) is 12.2 Å². The summed E-state index contributed by atoms with van der Waals surface area (Å²) in [6.45, 7) is 2.58. The number of aliphatic carboxylic acids is 1. The zero-order valence-corrected chi connectivity index (χ0v) is 16.5. The predicted molar refractivity (Wildman–Crippen MR) is 98.6 cm³/mol. The number of carboxylic acid groups (broad SMARTS) is 1. The van der Waals surface area contributed by atoms with E-state index < -0.39 is 12.1 Å². The quantitative estimate of drug-likeness (QED) is 0.782. The molecule has 0 saturated carbocycles. The maximum atomic E-state index is 12.5. The number of carbonyl (C=O) groups excluding carboxylic acids is 2. The van der Waals surface area contributed by atoms with Gasteiger partial charge in [-0.3, -0.25) is 14.6 Å². The number of likely N-dealkylation sites (tertiary alicyclic amines) is 2. The van der Waals surface area contributed by atoms with Crippen molar-refractivity contribution in [2.45, 2.75) is 37.4 Å². The van der Waals surface area contributed by atoms with E-state index in [0.717, 1.165) is 19.3 Å². The van der Waals surface area contributed by atoms with E-state index >= 15 is 0 Å². The van der Waals surface area contributed by atoms with Gasteiger partial charge in [0, 0.05) is 51.1 Å². The first kappa shape index (κ1) is 23.6. The Morgan fingerprint density at radius 1 is 1.27 bits per heavy atom. The molecule has 2 fully saturated rings. The number of pyridine rings is 1. The summed E-state index contributed by atoms with van der Waals surface area (Å²) in [6, 6.07) is 3.57. The number of methoxy groups -OCH3 is 1. The van der Waals surface area contributed by atoms with Gasteiger partial charge in [-0.2, -0.15) is 13.2 Å². The highest BCUT2D eigenvalue weighted by molar-refractivity contribution is 5.94. The molecule has 2 saturated heterocycles. The minimum absolute atomic E-state index is 0.0284. The Balaban J connectivity index is 0.000000396. The molecule has 0 unspecified atom stereocenters. The van der Waals surface area contributed by atoms with Crippen molar-refractivity contribution >= 4 is 17.8 Å². The number of hydrogen-bond donors (Lipinski definition) is 1. The number of carboxylic acids is 1. The molecule has 1 spiro atoms. The molecule has 0 radical (unpaired) electrons. The summed E-state index contributed by atoms with van der Waals surface area (Å²) < 4.78 is 36.9. The van der Waals surface area contributed by atoms with Crippen molar-refractivity contribution in [1.82, 2.24) is 14.8 Å². The average molecular weight is 431 g/mol. The van der Waals surface area contributed by atoms with Crippen LogP contribution in [0.2, 0.25) is 0 Å². The van der Waals surface area contributed by atoms with Crippen LogP contribution in [-0.4, -0.2) is 82.7 Å². The van der Waals surface area contributed by atoms with E-state index in [1.165, 1.54) is 0 Å². The van der Waals surface area contributed by atoms with Crippen LogP contribution in [0.25, 0.3) is 0 Å². The molecule has 2 aliphatic rings. The highest BCUT2D eigenvalue weighted by Gasteiger charge is 2.47. The fourth-order valence-electron chi connectivity index (χ4n) is 3.74. The van der Waals surface area contributed by atoms with Gasteiger partial charge in [-0.25, -0.2) is 4.79 Å². The van der Waals surface area contributed by atoms with Crippen molar-refractivity contribution in [3.63, 3.8) is 0 Å². The number of nitrogens with zero attached hydrogens (tertiary/aromatic N) is 3. The van der Waals surface area contributed by atoms with Gasteiger partial charge >= 0.3 is 12.1 Å². The summed E-state index contributed by atoms with van der Waals surface area (Å²) in [5, 5.41) is 7.12. The molecule has 0 atom stereocenters. The molecule has 3 rings (SSSR count). The van der Waals surface area contributed by atoms with Crippen molar-refractivity contribution in [2.24, 2.45) is 0 Å². The van der Waals surface area contributed by atoms with Crippen molar-refractivity contribution in [3.05, 3.63) is 30.1 Å². The van der Waals surface area contributed by atoms with E-state index in [4.69, 9.17) is 14.6 Å². The molecule has 8 nitrogen and oxygen atoms in total. The lowest BCUT2D eigenvalue weighted by molar-refractivity contribution is -0.192. The van der Waals surface area contributed by atoms with Crippen molar-refractivity contribution in [1.29, 1.82) is 0 Å². The van der Waals surface area contributed by atoms with Crippen LogP contribution in [0.5, 0.6) is 0 Å². The van der Waals surface area contributed by atoms with E-state index in [1.807, 2.05) is 9.80 Å². The van der Waals surface area contributed by atoms with Crippen LogP contribution >= 0.6 is 0 Å². The second kappa shape index (κ2) is 9.88. The van der Waals surface area contributed by atoms with Crippen LogP contribution in [0.4, 0.5) is 13.2 Å². The smallest absolute Gasteiger partial charge is 0.475 e. The number of halogens is 3. The Bertz CT molecular complexity index is 750. The van der Waals surface area contributed by atoms with Gasteiger partial charge < -0.3 is 19.6 Å². The van der Waals surface area contributed by atoms with Gasteiger partial charge in [0.15, 0.2) is 0 Å². The molecule has 1 N–H and O–H groups in total. The van der Waals surface area contributed by atoms with E-state index in [1.54, 1.807) is 31.6 Å². The second-order valence-electron chi connectivity index (χ2n) is 7.10. The Morgan fingerprint density at radius 3 is 2.40 bits per heavy atom. The van der Waals surface area contributed by atoms with Gasteiger partial charge in [0.25, 0.3) is 5.91 Å². The third kappa shape index (κ3) is 5.68. The predicted octanol–water partition coefficient (Wildman–Crippen LogP) is 1.96. The monoisotopic (exact) mass is 431 g/mol. The molecule has 166 valence electrons. The van der Waals surface area contributed by atoms with Crippen molar-refractivity contribution in [2.75, 3.05) is 33.4 Å². The SMILES string of the molecule is COCCN1C(=O)CCC12CCN(C(=O)c1cccnc1)CC2.O=C(O)C(F)(F)F. The number of alkyl halides is 3. The normalized spacial score (nSPS) is 18.2. The molecule has 0 bridgehead atoms. The van der Waals surface area contributed by atoms with Gasteiger partial charge in [0.1, 0.15) is 0 Å². The molecule has 3 heterocycles. The maximum absolute atomic E-state index is 12.5. The fourth-order valence-corrected chi connectivity index (χ4v) is 3.74. The summed E-state index contributed by atoms with van der Waals surface area (Å²) in [6.07, 6.45) is 1.38. The summed E-state index contributed by atoms with van der Waals surface area (Å²) in [7, 11) is 1.66. The number of amides is 2. The van der Waals surface area contributed by atoms with E-state index in [-0.39, 0.29) is 17.4 Å². The number of aromatic nitrogens is 1. The van der Waals surface area contributed by atoms with Crippen LogP contribution in [0.1, 0.15) is 36.0 Å². The minimum atomic E-state index is -5.08. The van der Waals surface area contributed by atoms with E-state index in [0.29, 0.717) is 38.2 Å². The Morgan fingerprint density at radius 2 is 1.90 bits per heavy atom. The minimum Gasteiger partial charge on any atom is -0.475 e. The van der Waals surface area contributed by atoms with Gasteiger partial charge in [-0.1, -0.05) is 0 Å². The zero-order valence-electron chi connectivity index (χ0n) is 16.5. The number of ether oxygens (including phenoxy) is 1. The number of carbonyl (C=O) groups is 3. The number of rotatable bonds is 4. The zero-order chi connectivity index (χ0) is 22.4. The van der Waals surface area contributed by atoms with Crippen LogP contribution in [0.3, 0.4) is 0 Å². The first-order chi connectivity index (χ1) is 14.1. The highest BCUT2D eigenvalue weighted by Crippen LogP contribution is 2.39. The topological polar surface area (TPSA) is 100 Å². The summed E-state index contributed by atoms with van der Waals surface area (Å²) in [5.74, 6) is -2.51. The standard InChI is InChI=1S/C17H23N3O3.C2HF3O2/c1-23-12-11-20-15(21)4-5-17(20)6-9-19(10-7-17)16(22)14-3-2-8-18-13-14;3-2(4,5)1(6)7/h2-3,8,13H,4-7,9-12H2,1H3;(H,6,7). The van der Waals surface area contributed by atoms with Crippen molar-refractivity contribution < 1.29 is 37.4 Å². The molecular weight excluding hydrogens is 407 g/mol. The molecular formula is C19H24F3N3O5. The Hall–Kier alpha value is -2.69. The van der Waals surface area contributed by atoms with Gasteiger partial charge in [-0.15, -0.1) is 0 Å². The summed E-state index contributed by atoms with van der Waals surface area (Å²) in [5.41, 5.74) is 0.545. The third-order valence-electron chi connectivity index (χ3n) is 5.33. The van der Waals surface area contributed by atoms with Gasteiger partial charge in [0.2, 0.25) is 5.91 Å². The molecule has 1 aromatic heterocycles. The van der Waals surface area contributed by atoms with Crippen LogP contribution < -0.4 is 0 Å². The van der Waals surface area contributed by atoms with Crippen molar-refractivity contribution in [3.8, 4) is 0 Å². The van der Waals surface area contributed by atoms with E-state index in [9.17, 15) is 22.8 Å². The summed E-state index contributed by atoms with van der Waals surface area (Å²) in [4.78, 5) is 41.5. The average Bonchev–Trinajstić information content (AvgIpc) is 3.02. The summed E-state index contributed by atoms with van der Waals surface area (Å²) >= 11 is 0. The van der Waals surface area contributed by atoms with Crippen LogP contribution in [-0.2, 0) is 14.3 Å². The van der Waals surface area contributed by atoms with Gasteiger partial charge in [-0.05, 0) is 31.4 Å². The highest BCUT2D eigenvalue weighted by atomic mass is 19.4. The van der Waals surface area contributed by atoms with Crippen LogP contribution in [0, 0.1) is 0 Å². The number of piperidine rings is 1. The molecule has 0 aromatic carbocycles. The molecule has 11 heteroatoms. The van der Waals surface area contributed by atoms with Crippen LogP contribution in [0.15, 0.2) is 24.5 Å².